The minimum Gasteiger partial charge on any atom is -0.395 e. The van der Waals surface area contributed by atoms with E-state index in [4.69, 9.17) is 0 Å². The average molecular weight is 357 g/mol. The van der Waals surface area contributed by atoms with Crippen LogP contribution in [0.25, 0.3) is 0 Å². The van der Waals surface area contributed by atoms with Crippen molar-refractivity contribution in [2.45, 2.75) is 0 Å². The van der Waals surface area contributed by atoms with Gasteiger partial charge in [-0.15, -0.1) is 0 Å². The monoisotopic (exact) mass is 357 g/mol. The summed E-state index contributed by atoms with van der Waals surface area (Å²) in [5.41, 5.74) is 2.00. The molecule has 0 fully saturated rings. The second kappa shape index (κ2) is 8.18. The van der Waals surface area contributed by atoms with Gasteiger partial charge in [-0.25, -0.2) is 9.38 Å². The molecule has 0 radical (unpaired) electrons. The lowest BCUT2D eigenvalue weighted by atomic mass is 10.1. The van der Waals surface area contributed by atoms with Crippen LogP contribution in [0.5, 0.6) is 0 Å². The van der Waals surface area contributed by atoms with Gasteiger partial charge in [-0.2, -0.15) is 0 Å². The van der Waals surface area contributed by atoms with Gasteiger partial charge in [0.15, 0.2) is 0 Å². The van der Waals surface area contributed by atoms with E-state index in [1.807, 2.05) is 18.2 Å². The molecule has 6 nitrogen and oxygen atoms in total. The predicted octanol–water partition coefficient (Wildman–Crippen LogP) is 1.54. The fourth-order valence-corrected chi connectivity index (χ4v) is 2.92. The molecule has 0 bridgehead atoms. The van der Waals surface area contributed by atoms with Gasteiger partial charge in [0.2, 0.25) is 0 Å². The van der Waals surface area contributed by atoms with E-state index in [-0.39, 0.29) is 31.5 Å². The lowest BCUT2D eigenvalue weighted by molar-refractivity contribution is -0.112. The second-order valence-electron chi connectivity index (χ2n) is 5.90. The first-order valence-electron chi connectivity index (χ1n) is 8.33. The molecule has 2 N–H and O–H groups in total. The summed E-state index contributed by atoms with van der Waals surface area (Å²) in [6, 6.07) is 13.0. The molecule has 0 saturated carbocycles. The summed E-state index contributed by atoms with van der Waals surface area (Å²) < 4.78 is 13.4. The van der Waals surface area contributed by atoms with Gasteiger partial charge in [-0.3, -0.25) is 14.6 Å². The number of aliphatic imine (C=N–C) groups is 1. The molecule has 3 rings (SSSR count). The number of hydrogen-bond acceptors (Lipinski definition) is 5. The Kier molecular flexibility index (Phi) is 5.72. The number of halogens is 1. The van der Waals surface area contributed by atoms with Crippen LogP contribution in [0.3, 0.4) is 0 Å². The van der Waals surface area contributed by atoms with Crippen molar-refractivity contribution in [3.8, 4) is 0 Å². The van der Waals surface area contributed by atoms with Crippen molar-refractivity contribution >= 4 is 23.0 Å². The molecule has 1 aliphatic heterocycles. The Morgan fingerprint density at radius 1 is 1.04 bits per heavy atom. The minimum absolute atomic E-state index is 0.0755. The molecule has 0 aromatic heterocycles. The topological polar surface area (TPSA) is 76.4 Å². The zero-order chi connectivity index (χ0) is 18.5. The lowest BCUT2D eigenvalue weighted by Crippen LogP contribution is -2.43. The molecule has 0 saturated heterocycles. The van der Waals surface area contributed by atoms with Gasteiger partial charge >= 0.3 is 0 Å². The molecule has 136 valence electrons. The van der Waals surface area contributed by atoms with Crippen LogP contribution < -0.4 is 4.90 Å². The van der Waals surface area contributed by atoms with Crippen LogP contribution in [0, 0.1) is 5.82 Å². The normalized spacial score (nSPS) is 15.2. The smallest absolute Gasteiger partial charge is 0.278 e. The summed E-state index contributed by atoms with van der Waals surface area (Å²) >= 11 is 0. The van der Waals surface area contributed by atoms with Gasteiger partial charge in [0.1, 0.15) is 11.5 Å². The van der Waals surface area contributed by atoms with Crippen molar-refractivity contribution in [2.75, 3.05) is 37.9 Å². The Morgan fingerprint density at radius 3 is 2.46 bits per heavy atom. The van der Waals surface area contributed by atoms with Crippen molar-refractivity contribution in [1.82, 2.24) is 4.90 Å². The quantitative estimate of drug-likeness (QED) is 0.788. The number of aliphatic hydroxyl groups excluding tert-OH is 2. The number of anilines is 1. The number of para-hydroxylation sites is 1. The maximum Gasteiger partial charge on any atom is 0.278 e. The van der Waals surface area contributed by atoms with Crippen LogP contribution >= 0.6 is 0 Å². The molecule has 1 heterocycles. The zero-order valence-corrected chi connectivity index (χ0v) is 14.2. The molecule has 26 heavy (non-hydrogen) atoms. The van der Waals surface area contributed by atoms with Gasteiger partial charge in [0.25, 0.3) is 5.91 Å². The van der Waals surface area contributed by atoms with Crippen molar-refractivity contribution in [3.63, 3.8) is 0 Å². The van der Waals surface area contributed by atoms with E-state index >= 15 is 0 Å². The van der Waals surface area contributed by atoms with Gasteiger partial charge in [-0.1, -0.05) is 24.3 Å². The van der Waals surface area contributed by atoms with Crippen molar-refractivity contribution in [2.24, 2.45) is 4.99 Å². The van der Waals surface area contributed by atoms with Crippen molar-refractivity contribution < 1.29 is 19.4 Å². The summed E-state index contributed by atoms with van der Waals surface area (Å²) in [5, 5.41) is 18.4. The summed E-state index contributed by atoms with van der Waals surface area (Å²) in [5.74, 6) is -0.712. The molecule has 0 aliphatic carbocycles. The molecule has 1 aliphatic rings. The minimum atomic E-state index is -0.417. The summed E-state index contributed by atoms with van der Waals surface area (Å²) in [7, 11) is 0. The number of amides is 1. The first-order chi connectivity index (χ1) is 12.6. The van der Waals surface area contributed by atoms with E-state index in [9.17, 15) is 19.4 Å². The number of rotatable bonds is 7. The second-order valence-corrected chi connectivity index (χ2v) is 5.90. The SMILES string of the molecule is O=C1C(=Nc2cccc(F)c2)c2ccccc2N1CN(CCO)CCO. The molecule has 2 aromatic rings. The number of benzene rings is 2. The van der Waals surface area contributed by atoms with Gasteiger partial charge in [0, 0.05) is 18.7 Å². The van der Waals surface area contributed by atoms with Crippen molar-refractivity contribution in [3.05, 3.63) is 59.9 Å². The predicted molar refractivity (Wildman–Crippen MR) is 97.1 cm³/mol. The average Bonchev–Trinajstić information content (AvgIpc) is 2.88. The number of carbonyl (C=O) groups is 1. The lowest BCUT2D eigenvalue weighted by Gasteiger charge is -2.26. The summed E-state index contributed by atoms with van der Waals surface area (Å²) in [6.07, 6.45) is 0. The zero-order valence-electron chi connectivity index (χ0n) is 14.2. The summed E-state index contributed by atoms with van der Waals surface area (Å²) in [6.45, 7) is 0.743. The molecule has 0 spiro atoms. The fraction of sp³-hybridized carbons (Fsp3) is 0.263. The highest BCUT2D eigenvalue weighted by molar-refractivity contribution is 6.54. The highest BCUT2D eigenvalue weighted by Gasteiger charge is 2.34. The summed E-state index contributed by atoms with van der Waals surface area (Å²) in [4.78, 5) is 20.6. The molecule has 7 heteroatoms. The first kappa shape index (κ1) is 18.2. The molecule has 0 unspecified atom stereocenters. The number of aliphatic hydroxyl groups is 2. The van der Waals surface area contributed by atoms with Crippen LogP contribution in [0.4, 0.5) is 15.8 Å². The third kappa shape index (κ3) is 3.80. The van der Waals surface area contributed by atoms with Crippen LogP contribution in [0.2, 0.25) is 0 Å². The highest BCUT2D eigenvalue weighted by Crippen LogP contribution is 2.31. The number of nitrogens with zero attached hydrogens (tertiary/aromatic N) is 3. The molecular weight excluding hydrogens is 337 g/mol. The molecule has 2 aromatic carbocycles. The number of hydrogen-bond donors (Lipinski definition) is 2. The third-order valence-electron chi connectivity index (χ3n) is 4.12. The molecular formula is C19H20FN3O3. The Morgan fingerprint density at radius 2 is 1.77 bits per heavy atom. The van der Waals surface area contributed by atoms with E-state index < -0.39 is 5.82 Å². The molecule has 1 amide bonds. The van der Waals surface area contributed by atoms with Gasteiger partial charge < -0.3 is 10.2 Å². The number of fused-ring (bicyclic) bond motifs is 1. The Labute approximate surface area is 150 Å². The Balaban J connectivity index is 1.95. The van der Waals surface area contributed by atoms with Crippen LogP contribution in [-0.2, 0) is 4.79 Å². The van der Waals surface area contributed by atoms with Crippen LogP contribution in [0.1, 0.15) is 5.56 Å². The van der Waals surface area contributed by atoms with Crippen LogP contribution in [-0.4, -0.2) is 59.7 Å². The van der Waals surface area contributed by atoms with E-state index in [1.165, 1.54) is 12.1 Å². The van der Waals surface area contributed by atoms with E-state index in [2.05, 4.69) is 4.99 Å². The largest absolute Gasteiger partial charge is 0.395 e. The fourth-order valence-electron chi connectivity index (χ4n) is 2.92. The Hall–Kier alpha value is -2.61. The number of carbonyl (C=O) groups excluding carboxylic acids is 1. The Bertz CT molecular complexity index is 819. The van der Waals surface area contributed by atoms with Crippen molar-refractivity contribution in [1.29, 1.82) is 0 Å². The highest BCUT2D eigenvalue weighted by atomic mass is 19.1. The van der Waals surface area contributed by atoms with E-state index in [0.717, 1.165) is 0 Å². The first-order valence-corrected chi connectivity index (χ1v) is 8.33. The standard InChI is InChI=1S/C19H20FN3O3/c20-14-4-3-5-15(12-14)21-18-16-6-1-2-7-17(16)23(19(18)26)13-22(8-10-24)9-11-25/h1-7,12,24-25H,8-11,13H2. The van der Waals surface area contributed by atoms with E-state index in [1.54, 1.807) is 28.0 Å². The van der Waals surface area contributed by atoms with Gasteiger partial charge in [-0.05, 0) is 24.3 Å². The van der Waals surface area contributed by atoms with E-state index in [0.29, 0.717) is 30.0 Å². The van der Waals surface area contributed by atoms with Gasteiger partial charge in [0.05, 0.1) is 31.3 Å². The van der Waals surface area contributed by atoms with Crippen LogP contribution in [0.15, 0.2) is 53.5 Å². The third-order valence-corrected chi connectivity index (χ3v) is 4.12. The maximum absolute atomic E-state index is 13.4. The maximum atomic E-state index is 13.4. The molecule has 0 atom stereocenters.